The van der Waals surface area contributed by atoms with E-state index in [1.165, 1.54) is 4.90 Å². The molecular weight excluding hydrogens is 190 g/mol. The van der Waals surface area contributed by atoms with Gasteiger partial charge in [-0.3, -0.25) is 0 Å². The molecule has 0 aromatic carbocycles. The van der Waals surface area contributed by atoms with Crippen LogP contribution in [-0.2, 0) is 9.53 Å². The molecule has 1 amide bonds. The van der Waals surface area contributed by atoms with E-state index in [-0.39, 0.29) is 12.7 Å². The van der Waals surface area contributed by atoms with Crippen LogP contribution >= 0.6 is 0 Å². The minimum Gasteiger partial charge on any atom is -0.480 e. The Hall–Kier alpha value is -1.30. The fraction of sp³-hybridized carbons (Fsp3) is 0.750. The summed E-state index contributed by atoms with van der Waals surface area (Å²) in [5.74, 6) is -0.995. The van der Waals surface area contributed by atoms with Crippen molar-refractivity contribution < 1.29 is 24.5 Å². The van der Waals surface area contributed by atoms with E-state index in [4.69, 9.17) is 14.9 Å². The zero-order valence-corrected chi connectivity index (χ0v) is 7.68. The molecule has 6 heteroatoms. The molecule has 0 atom stereocenters. The molecule has 1 aliphatic heterocycles. The fourth-order valence-electron chi connectivity index (χ4n) is 1.40. The van der Waals surface area contributed by atoms with Crippen LogP contribution in [0.25, 0.3) is 0 Å². The predicted octanol–water partition coefficient (Wildman–Crippen LogP) is 0.230. The van der Waals surface area contributed by atoms with Gasteiger partial charge in [-0.05, 0) is 12.8 Å². The normalized spacial score (nSPS) is 18.1. The molecule has 0 bridgehead atoms. The van der Waals surface area contributed by atoms with Gasteiger partial charge in [-0.15, -0.1) is 0 Å². The lowest BCUT2D eigenvalue weighted by Crippen LogP contribution is -2.40. The van der Waals surface area contributed by atoms with Gasteiger partial charge in [0, 0.05) is 13.1 Å². The Bertz CT molecular complexity index is 222. The molecule has 0 saturated carbocycles. The van der Waals surface area contributed by atoms with Crippen molar-refractivity contribution in [2.24, 2.45) is 0 Å². The van der Waals surface area contributed by atoms with Crippen LogP contribution < -0.4 is 0 Å². The van der Waals surface area contributed by atoms with E-state index in [0.717, 1.165) is 0 Å². The van der Waals surface area contributed by atoms with E-state index < -0.39 is 12.1 Å². The first-order chi connectivity index (χ1) is 6.59. The van der Waals surface area contributed by atoms with Crippen molar-refractivity contribution in [2.45, 2.75) is 18.9 Å². The first-order valence-corrected chi connectivity index (χ1v) is 4.41. The number of carbonyl (C=O) groups is 2. The van der Waals surface area contributed by atoms with Crippen molar-refractivity contribution in [3.8, 4) is 0 Å². The first-order valence-electron chi connectivity index (χ1n) is 4.41. The number of hydrogen-bond acceptors (Lipinski definition) is 3. The summed E-state index contributed by atoms with van der Waals surface area (Å²) in [6, 6.07) is 0. The zero-order valence-electron chi connectivity index (χ0n) is 7.68. The number of rotatable bonds is 3. The lowest BCUT2D eigenvalue weighted by molar-refractivity contribution is -0.145. The van der Waals surface area contributed by atoms with Crippen molar-refractivity contribution in [3.05, 3.63) is 0 Å². The summed E-state index contributed by atoms with van der Waals surface area (Å²) in [7, 11) is 0. The molecule has 1 rings (SSSR count). The monoisotopic (exact) mass is 203 g/mol. The van der Waals surface area contributed by atoms with E-state index >= 15 is 0 Å². The molecule has 6 nitrogen and oxygen atoms in total. The van der Waals surface area contributed by atoms with Gasteiger partial charge in [0.2, 0.25) is 0 Å². The summed E-state index contributed by atoms with van der Waals surface area (Å²) < 4.78 is 5.05. The highest BCUT2D eigenvalue weighted by Gasteiger charge is 2.22. The standard InChI is InChI=1S/C8H13NO5/c10-7(11)5-14-6-1-3-9(4-2-6)8(12)13/h6H,1-5H2,(H,10,11)(H,12,13). The second-order valence-electron chi connectivity index (χ2n) is 3.17. The molecule has 1 saturated heterocycles. The van der Waals surface area contributed by atoms with Crippen LogP contribution in [-0.4, -0.2) is 53.0 Å². The number of carboxylic acids is 1. The smallest absolute Gasteiger partial charge is 0.407 e. The van der Waals surface area contributed by atoms with E-state index in [9.17, 15) is 9.59 Å². The molecule has 0 aromatic heterocycles. The van der Waals surface area contributed by atoms with Gasteiger partial charge in [-0.1, -0.05) is 0 Å². The molecule has 0 aliphatic carbocycles. The third-order valence-electron chi connectivity index (χ3n) is 2.16. The molecule has 1 heterocycles. The largest absolute Gasteiger partial charge is 0.480 e. The van der Waals surface area contributed by atoms with Crippen molar-refractivity contribution >= 4 is 12.1 Å². The zero-order chi connectivity index (χ0) is 10.6. The van der Waals surface area contributed by atoms with Crippen molar-refractivity contribution in [1.29, 1.82) is 0 Å². The summed E-state index contributed by atoms with van der Waals surface area (Å²) >= 11 is 0. The second-order valence-corrected chi connectivity index (χ2v) is 3.17. The fourth-order valence-corrected chi connectivity index (χ4v) is 1.40. The van der Waals surface area contributed by atoms with Gasteiger partial charge in [0.05, 0.1) is 6.10 Å². The quantitative estimate of drug-likeness (QED) is 0.685. The summed E-state index contributed by atoms with van der Waals surface area (Å²) in [4.78, 5) is 22.0. The summed E-state index contributed by atoms with van der Waals surface area (Å²) in [5, 5.41) is 17.0. The Kier molecular flexibility index (Phi) is 3.70. The Labute approximate surface area is 81.1 Å². The highest BCUT2D eigenvalue weighted by Crippen LogP contribution is 2.13. The third-order valence-corrected chi connectivity index (χ3v) is 2.16. The van der Waals surface area contributed by atoms with Crippen LogP contribution in [0, 0.1) is 0 Å². The summed E-state index contributed by atoms with van der Waals surface area (Å²) in [6.07, 6.45) is 0.0856. The predicted molar refractivity (Wildman–Crippen MR) is 46.2 cm³/mol. The topological polar surface area (TPSA) is 87.1 Å². The molecule has 0 aromatic rings. The molecule has 1 aliphatic rings. The number of aliphatic carboxylic acids is 1. The third kappa shape index (κ3) is 3.21. The number of amides is 1. The van der Waals surface area contributed by atoms with Crippen LogP contribution in [0.3, 0.4) is 0 Å². The van der Waals surface area contributed by atoms with Crippen LogP contribution in [0.5, 0.6) is 0 Å². The van der Waals surface area contributed by atoms with Crippen molar-refractivity contribution in [3.63, 3.8) is 0 Å². The summed E-state index contributed by atoms with van der Waals surface area (Å²) in [6.45, 7) is 0.525. The number of nitrogens with zero attached hydrogens (tertiary/aromatic N) is 1. The number of hydrogen-bond donors (Lipinski definition) is 2. The second kappa shape index (κ2) is 4.80. The molecule has 0 radical (unpaired) electrons. The number of likely N-dealkylation sites (tertiary alicyclic amines) is 1. The average Bonchev–Trinajstić information content (AvgIpc) is 2.15. The lowest BCUT2D eigenvalue weighted by atomic mass is 10.1. The lowest BCUT2D eigenvalue weighted by Gasteiger charge is -2.29. The maximum Gasteiger partial charge on any atom is 0.407 e. The Morgan fingerprint density at radius 2 is 1.86 bits per heavy atom. The van der Waals surface area contributed by atoms with E-state index in [2.05, 4.69) is 0 Å². The van der Waals surface area contributed by atoms with Gasteiger partial charge in [0.1, 0.15) is 6.61 Å². The van der Waals surface area contributed by atoms with Gasteiger partial charge in [-0.25, -0.2) is 9.59 Å². The average molecular weight is 203 g/mol. The first kappa shape index (κ1) is 10.8. The molecule has 14 heavy (non-hydrogen) atoms. The van der Waals surface area contributed by atoms with Crippen LogP contribution in [0.1, 0.15) is 12.8 Å². The highest BCUT2D eigenvalue weighted by molar-refractivity contribution is 5.68. The van der Waals surface area contributed by atoms with Gasteiger partial charge in [-0.2, -0.15) is 0 Å². The Morgan fingerprint density at radius 1 is 1.29 bits per heavy atom. The Balaban J connectivity index is 2.22. The minimum absolute atomic E-state index is 0.123. The van der Waals surface area contributed by atoms with Gasteiger partial charge >= 0.3 is 12.1 Å². The number of ether oxygens (including phenoxy) is 1. The molecule has 80 valence electrons. The number of carboxylic acid groups (broad SMARTS) is 2. The highest BCUT2D eigenvalue weighted by atomic mass is 16.5. The van der Waals surface area contributed by atoms with Crippen LogP contribution in [0.4, 0.5) is 4.79 Å². The molecule has 0 spiro atoms. The van der Waals surface area contributed by atoms with Crippen LogP contribution in [0.2, 0.25) is 0 Å². The van der Waals surface area contributed by atoms with Crippen molar-refractivity contribution in [1.82, 2.24) is 4.90 Å². The molecular formula is C8H13NO5. The van der Waals surface area contributed by atoms with Gasteiger partial charge in [0.25, 0.3) is 0 Å². The maximum absolute atomic E-state index is 10.5. The SMILES string of the molecule is O=C(O)COC1CCN(C(=O)O)CC1. The number of piperidine rings is 1. The van der Waals surface area contributed by atoms with E-state index in [1.807, 2.05) is 0 Å². The van der Waals surface area contributed by atoms with Gasteiger partial charge < -0.3 is 19.8 Å². The van der Waals surface area contributed by atoms with E-state index in [0.29, 0.717) is 25.9 Å². The van der Waals surface area contributed by atoms with E-state index in [1.54, 1.807) is 0 Å². The van der Waals surface area contributed by atoms with Gasteiger partial charge in [0.15, 0.2) is 0 Å². The maximum atomic E-state index is 10.5. The Morgan fingerprint density at radius 3 is 2.29 bits per heavy atom. The molecule has 0 unspecified atom stereocenters. The molecule has 2 N–H and O–H groups in total. The summed E-state index contributed by atoms with van der Waals surface area (Å²) in [5.41, 5.74) is 0. The minimum atomic E-state index is -0.995. The van der Waals surface area contributed by atoms with Crippen molar-refractivity contribution in [2.75, 3.05) is 19.7 Å². The van der Waals surface area contributed by atoms with Crippen LogP contribution in [0.15, 0.2) is 0 Å². The molecule has 1 fully saturated rings.